The molecule has 0 aliphatic heterocycles. The molecule has 0 aliphatic rings. The van der Waals surface area contributed by atoms with Gasteiger partial charge in [-0.2, -0.15) is 5.26 Å². The van der Waals surface area contributed by atoms with E-state index >= 15 is 0 Å². The average Bonchev–Trinajstić information content (AvgIpc) is 3.11. The Hall–Kier alpha value is -1.85. The summed E-state index contributed by atoms with van der Waals surface area (Å²) >= 11 is 2.96. The molecule has 0 N–H and O–H groups in total. The Morgan fingerprint density at radius 2 is 2.38 bits per heavy atom. The molecule has 2 heterocycles. The first-order valence-electron chi connectivity index (χ1n) is 6.30. The highest BCUT2D eigenvalue weighted by atomic mass is 32.2. The lowest BCUT2D eigenvalue weighted by Crippen LogP contribution is -2.29. The van der Waals surface area contributed by atoms with Crippen LogP contribution in [0.3, 0.4) is 0 Å². The molecule has 0 aliphatic carbocycles. The Labute approximate surface area is 131 Å². The molecule has 0 fully saturated rings. The van der Waals surface area contributed by atoms with Gasteiger partial charge in [0.05, 0.1) is 23.1 Å². The first kappa shape index (κ1) is 15.5. The van der Waals surface area contributed by atoms with Crippen molar-refractivity contribution in [1.29, 1.82) is 5.26 Å². The van der Waals surface area contributed by atoms with E-state index in [1.807, 2.05) is 35.2 Å². The standard InChI is InChI=1S/C13H15N5OS2/c1-17(7-4-6-14)11(19)9-21-13-16-15-12(18(13)2)10-5-3-8-20-10/h3,5,8H,4,7,9H2,1-2H3. The lowest BCUT2D eigenvalue weighted by Gasteiger charge is -2.14. The quantitative estimate of drug-likeness (QED) is 0.761. The SMILES string of the molecule is CN(CCC#N)C(=O)CSc1nnc(-c2cccs2)n1C. The Balaban J connectivity index is 1.96. The minimum atomic E-state index is -0.0177. The third-order valence-corrected chi connectivity index (χ3v) is 4.76. The zero-order chi connectivity index (χ0) is 15.2. The summed E-state index contributed by atoms with van der Waals surface area (Å²) in [5, 5.41) is 19.5. The highest BCUT2D eigenvalue weighted by Gasteiger charge is 2.15. The molecule has 0 aromatic carbocycles. The molecule has 2 rings (SSSR count). The van der Waals surface area contributed by atoms with Crippen LogP contribution < -0.4 is 0 Å². The van der Waals surface area contributed by atoms with E-state index in [1.54, 1.807) is 23.3 Å². The predicted molar refractivity (Wildman–Crippen MR) is 82.9 cm³/mol. The Bertz CT molecular complexity index is 644. The van der Waals surface area contributed by atoms with Crippen LogP contribution in [0.25, 0.3) is 10.7 Å². The van der Waals surface area contributed by atoms with Gasteiger partial charge in [0.1, 0.15) is 0 Å². The van der Waals surface area contributed by atoms with E-state index < -0.39 is 0 Å². The first-order chi connectivity index (χ1) is 10.1. The smallest absolute Gasteiger partial charge is 0.232 e. The maximum absolute atomic E-state index is 11.9. The summed E-state index contributed by atoms with van der Waals surface area (Å²) in [5.74, 6) is 1.08. The maximum Gasteiger partial charge on any atom is 0.232 e. The Kier molecular flexibility index (Phi) is 5.36. The Morgan fingerprint density at radius 1 is 1.57 bits per heavy atom. The van der Waals surface area contributed by atoms with E-state index in [2.05, 4.69) is 10.2 Å². The van der Waals surface area contributed by atoms with Crippen molar-refractivity contribution in [3.63, 3.8) is 0 Å². The highest BCUT2D eigenvalue weighted by Crippen LogP contribution is 2.25. The number of nitriles is 1. The van der Waals surface area contributed by atoms with Crippen LogP contribution in [-0.4, -0.2) is 44.9 Å². The molecule has 2 aromatic rings. The average molecular weight is 321 g/mol. The van der Waals surface area contributed by atoms with Crippen LogP contribution in [0.2, 0.25) is 0 Å². The number of rotatable bonds is 6. The molecule has 0 bridgehead atoms. The Morgan fingerprint density at radius 3 is 3.05 bits per heavy atom. The van der Waals surface area contributed by atoms with Crippen LogP contribution in [0.5, 0.6) is 0 Å². The van der Waals surface area contributed by atoms with Gasteiger partial charge in [-0.15, -0.1) is 21.5 Å². The number of aromatic nitrogens is 3. The summed E-state index contributed by atoms with van der Waals surface area (Å²) in [5.41, 5.74) is 0. The normalized spacial score (nSPS) is 10.3. The minimum absolute atomic E-state index is 0.0177. The monoisotopic (exact) mass is 321 g/mol. The third-order valence-electron chi connectivity index (χ3n) is 2.89. The zero-order valence-corrected chi connectivity index (χ0v) is 13.4. The second kappa shape index (κ2) is 7.24. The lowest BCUT2D eigenvalue weighted by molar-refractivity contribution is -0.127. The van der Waals surface area contributed by atoms with Crippen LogP contribution >= 0.6 is 23.1 Å². The molecule has 6 nitrogen and oxygen atoms in total. The fraction of sp³-hybridized carbons (Fsp3) is 0.385. The number of carbonyl (C=O) groups excluding carboxylic acids is 1. The van der Waals surface area contributed by atoms with Crippen molar-refractivity contribution >= 4 is 29.0 Å². The molecular weight excluding hydrogens is 306 g/mol. The summed E-state index contributed by atoms with van der Waals surface area (Å²) < 4.78 is 1.89. The van der Waals surface area contributed by atoms with Gasteiger partial charge in [-0.1, -0.05) is 17.8 Å². The first-order valence-corrected chi connectivity index (χ1v) is 8.17. The van der Waals surface area contributed by atoms with Crippen LogP contribution in [-0.2, 0) is 11.8 Å². The molecule has 8 heteroatoms. The molecule has 2 aromatic heterocycles. The second-order valence-electron chi connectivity index (χ2n) is 4.35. The van der Waals surface area contributed by atoms with Crippen molar-refractivity contribution in [1.82, 2.24) is 19.7 Å². The van der Waals surface area contributed by atoms with E-state index in [0.29, 0.717) is 23.9 Å². The number of hydrogen-bond acceptors (Lipinski definition) is 6. The molecule has 0 saturated carbocycles. The summed E-state index contributed by atoms with van der Waals surface area (Å²) in [6, 6.07) is 5.99. The largest absolute Gasteiger partial charge is 0.344 e. The van der Waals surface area contributed by atoms with Gasteiger partial charge < -0.3 is 9.47 Å². The topological polar surface area (TPSA) is 74.8 Å². The van der Waals surface area contributed by atoms with Gasteiger partial charge in [-0.25, -0.2) is 0 Å². The van der Waals surface area contributed by atoms with Crippen molar-refractivity contribution < 1.29 is 4.79 Å². The molecule has 21 heavy (non-hydrogen) atoms. The van der Waals surface area contributed by atoms with Gasteiger partial charge in [-0.3, -0.25) is 4.79 Å². The maximum atomic E-state index is 11.9. The van der Waals surface area contributed by atoms with Crippen LogP contribution in [0.15, 0.2) is 22.7 Å². The fourth-order valence-corrected chi connectivity index (χ4v) is 3.24. The highest BCUT2D eigenvalue weighted by molar-refractivity contribution is 7.99. The second-order valence-corrected chi connectivity index (χ2v) is 6.24. The lowest BCUT2D eigenvalue weighted by atomic mass is 10.4. The molecule has 0 spiro atoms. The summed E-state index contributed by atoms with van der Waals surface area (Å²) in [6.07, 6.45) is 0.347. The number of carbonyl (C=O) groups is 1. The zero-order valence-electron chi connectivity index (χ0n) is 11.8. The predicted octanol–water partition coefficient (Wildman–Crippen LogP) is 2.01. The number of thioether (sulfide) groups is 1. The van der Waals surface area contributed by atoms with Crippen molar-refractivity contribution in [3.05, 3.63) is 17.5 Å². The number of amides is 1. The van der Waals surface area contributed by atoms with E-state index in [9.17, 15) is 4.79 Å². The van der Waals surface area contributed by atoms with E-state index in [4.69, 9.17) is 5.26 Å². The van der Waals surface area contributed by atoms with Crippen LogP contribution in [0, 0.1) is 11.3 Å². The summed E-state index contributed by atoms with van der Waals surface area (Å²) in [4.78, 5) is 14.5. The number of nitrogens with zero attached hydrogens (tertiary/aromatic N) is 5. The van der Waals surface area contributed by atoms with Gasteiger partial charge in [0, 0.05) is 20.6 Å². The van der Waals surface area contributed by atoms with Crippen molar-refractivity contribution in [2.24, 2.45) is 7.05 Å². The van der Waals surface area contributed by atoms with Crippen molar-refractivity contribution in [2.45, 2.75) is 11.6 Å². The molecule has 0 saturated heterocycles. The molecule has 0 atom stereocenters. The minimum Gasteiger partial charge on any atom is -0.344 e. The molecular formula is C13H15N5OS2. The van der Waals surface area contributed by atoms with E-state index in [0.717, 1.165) is 10.7 Å². The van der Waals surface area contributed by atoms with Crippen molar-refractivity contribution in [2.75, 3.05) is 19.3 Å². The molecule has 0 radical (unpaired) electrons. The van der Waals surface area contributed by atoms with Gasteiger partial charge in [0.25, 0.3) is 0 Å². The third kappa shape index (κ3) is 3.83. The molecule has 110 valence electrons. The fourth-order valence-electron chi connectivity index (χ4n) is 1.64. The van der Waals surface area contributed by atoms with E-state index in [1.165, 1.54) is 11.8 Å². The molecule has 1 amide bonds. The van der Waals surface area contributed by atoms with Gasteiger partial charge >= 0.3 is 0 Å². The summed E-state index contributed by atoms with van der Waals surface area (Å²) in [6.45, 7) is 0.454. The van der Waals surface area contributed by atoms with Crippen LogP contribution in [0.4, 0.5) is 0 Å². The number of hydrogen-bond donors (Lipinski definition) is 0. The van der Waals surface area contributed by atoms with Crippen molar-refractivity contribution in [3.8, 4) is 16.8 Å². The van der Waals surface area contributed by atoms with Gasteiger partial charge in [-0.05, 0) is 11.4 Å². The molecule has 0 unspecified atom stereocenters. The van der Waals surface area contributed by atoms with Gasteiger partial charge in [0.15, 0.2) is 11.0 Å². The van der Waals surface area contributed by atoms with E-state index in [-0.39, 0.29) is 5.91 Å². The van der Waals surface area contributed by atoms with Gasteiger partial charge in [0.2, 0.25) is 5.91 Å². The summed E-state index contributed by atoms with van der Waals surface area (Å²) in [7, 11) is 3.59. The number of thiophene rings is 1. The van der Waals surface area contributed by atoms with Crippen LogP contribution in [0.1, 0.15) is 6.42 Å².